The number of para-hydroxylation sites is 2. The number of hydrogen-bond donors (Lipinski definition) is 1. The Hall–Kier alpha value is -3.60. The Balaban J connectivity index is 1.46. The first-order valence-electron chi connectivity index (χ1n) is 11.0. The van der Waals surface area contributed by atoms with Gasteiger partial charge < -0.3 is 19.5 Å². The molecule has 0 saturated carbocycles. The maximum atomic E-state index is 13.8. The summed E-state index contributed by atoms with van der Waals surface area (Å²) < 4.78 is 57.5. The highest BCUT2D eigenvalue weighted by Crippen LogP contribution is 2.37. The number of rotatable bonds is 6. The molecule has 0 aromatic heterocycles. The summed E-state index contributed by atoms with van der Waals surface area (Å²) in [7, 11) is 0. The summed E-state index contributed by atoms with van der Waals surface area (Å²) in [4.78, 5) is 37.9. The Morgan fingerprint density at radius 1 is 1.14 bits per heavy atom. The smallest absolute Gasteiger partial charge is 0.409 e. The van der Waals surface area contributed by atoms with Gasteiger partial charge in [0.25, 0.3) is 5.91 Å². The molecule has 2 atom stereocenters. The minimum absolute atomic E-state index is 0.0253. The van der Waals surface area contributed by atoms with Gasteiger partial charge in [-0.05, 0) is 43.2 Å². The molecule has 2 aliphatic rings. The molecular formula is C24H23F3N2O6. The van der Waals surface area contributed by atoms with Crippen LogP contribution in [0.2, 0.25) is 0 Å². The largest absolute Gasteiger partial charge is 0.491 e. The van der Waals surface area contributed by atoms with Crippen LogP contribution < -0.4 is 15.0 Å². The number of alkyl halides is 3. The SMILES string of the molecule is O=C1C[C@H](C(F)(F)F)N(C(=O)COC(=O)c2cccc(OC[C@@H]3CCCO3)c2)c2ccccc2N1. The van der Waals surface area contributed by atoms with Crippen LogP contribution in [0.25, 0.3) is 0 Å². The number of hydrogen-bond acceptors (Lipinski definition) is 6. The third-order valence-electron chi connectivity index (χ3n) is 5.63. The molecule has 2 amide bonds. The fourth-order valence-electron chi connectivity index (χ4n) is 3.95. The van der Waals surface area contributed by atoms with E-state index in [0.29, 0.717) is 23.9 Å². The summed E-state index contributed by atoms with van der Waals surface area (Å²) >= 11 is 0. The van der Waals surface area contributed by atoms with Crippen molar-refractivity contribution in [3.8, 4) is 5.75 Å². The molecule has 1 N–H and O–H groups in total. The predicted octanol–water partition coefficient (Wildman–Crippen LogP) is 3.71. The highest BCUT2D eigenvalue weighted by atomic mass is 19.4. The molecule has 35 heavy (non-hydrogen) atoms. The highest BCUT2D eigenvalue weighted by molar-refractivity contribution is 6.05. The van der Waals surface area contributed by atoms with Gasteiger partial charge in [0.15, 0.2) is 6.61 Å². The summed E-state index contributed by atoms with van der Waals surface area (Å²) in [6.07, 6.45) is -4.06. The molecule has 2 heterocycles. The van der Waals surface area contributed by atoms with E-state index in [-0.39, 0.29) is 23.0 Å². The van der Waals surface area contributed by atoms with Gasteiger partial charge >= 0.3 is 12.1 Å². The molecular weight excluding hydrogens is 469 g/mol. The second-order valence-electron chi connectivity index (χ2n) is 8.14. The maximum Gasteiger partial charge on any atom is 0.409 e. The quantitative estimate of drug-likeness (QED) is 0.618. The van der Waals surface area contributed by atoms with Crippen LogP contribution >= 0.6 is 0 Å². The van der Waals surface area contributed by atoms with Crippen molar-refractivity contribution in [3.05, 3.63) is 54.1 Å². The van der Waals surface area contributed by atoms with Gasteiger partial charge in [0.2, 0.25) is 5.91 Å². The lowest BCUT2D eigenvalue weighted by atomic mass is 10.1. The van der Waals surface area contributed by atoms with Crippen molar-refractivity contribution in [3.63, 3.8) is 0 Å². The van der Waals surface area contributed by atoms with E-state index in [9.17, 15) is 27.6 Å². The maximum absolute atomic E-state index is 13.8. The van der Waals surface area contributed by atoms with Crippen molar-refractivity contribution in [2.75, 3.05) is 30.0 Å². The highest BCUT2D eigenvalue weighted by Gasteiger charge is 2.49. The molecule has 2 aromatic rings. The second-order valence-corrected chi connectivity index (χ2v) is 8.14. The molecule has 1 fully saturated rings. The summed E-state index contributed by atoms with van der Waals surface area (Å²) in [6, 6.07) is 9.29. The zero-order valence-electron chi connectivity index (χ0n) is 18.5. The van der Waals surface area contributed by atoms with Gasteiger partial charge in [0.1, 0.15) is 18.4 Å². The molecule has 0 unspecified atom stereocenters. The zero-order chi connectivity index (χ0) is 25.0. The molecule has 2 aliphatic heterocycles. The van der Waals surface area contributed by atoms with Crippen LogP contribution in [0.15, 0.2) is 48.5 Å². The number of anilines is 2. The molecule has 2 aromatic carbocycles. The minimum atomic E-state index is -4.89. The molecule has 0 spiro atoms. The van der Waals surface area contributed by atoms with Crippen LogP contribution in [-0.4, -0.2) is 55.9 Å². The standard InChI is InChI=1S/C24H23F3N2O6/c25-24(26,27)20-12-21(30)28-18-8-1-2-9-19(18)29(20)22(31)14-35-23(32)15-5-3-6-16(11-15)34-13-17-7-4-10-33-17/h1-3,5-6,8-9,11,17,20H,4,7,10,12-14H2,(H,28,30)/t17-,20+/m0/s1. The number of carbonyl (C=O) groups excluding carboxylic acids is 3. The van der Waals surface area contributed by atoms with E-state index in [1.807, 2.05) is 0 Å². The van der Waals surface area contributed by atoms with Crippen molar-refractivity contribution in [1.29, 1.82) is 0 Å². The zero-order valence-corrected chi connectivity index (χ0v) is 18.5. The lowest BCUT2D eigenvalue weighted by Crippen LogP contribution is -2.51. The number of fused-ring (bicyclic) bond motifs is 1. The van der Waals surface area contributed by atoms with Crippen molar-refractivity contribution in [2.45, 2.75) is 37.6 Å². The van der Waals surface area contributed by atoms with Crippen LogP contribution in [0.4, 0.5) is 24.5 Å². The average Bonchev–Trinajstić information content (AvgIpc) is 3.29. The number of nitrogens with zero attached hydrogens (tertiary/aromatic N) is 1. The van der Waals surface area contributed by atoms with E-state index in [4.69, 9.17) is 14.2 Å². The van der Waals surface area contributed by atoms with E-state index in [2.05, 4.69) is 5.32 Å². The lowest BCUT2D eigenvalue weighted by molar-refractivity contribution is -0.158. The molecule has 0 bridgehead atoms. The molecule has 186 valence electrons. The fourth-order valence-corrected chi connectivity index (χ4v) is 3.95. The normalized spacial score (nSPS) is 20.0. The Morgan fingerprint density at radius 3 is 2.69 bits per heavy atom. The third kappa shape index (κ3) is 5.91. The van der Waals surface area contributed by atoms with Crippen molar-refractivity contribution < 1.29 is 41.8 Å². The average molecular weight is 492 g/mol. The first-order valence-corrected chi connectivity index (χ1v) is 11.0. The molecule has 11 heteroatoms. The molecule has 0 radical (unpaired) electrons. The first kappa shape index (κ1) is 24.5. The van der Waals surface area contributed by atoms with Gasteiger partial charge in [-0.1, -0.05) is 18.2 Å². The van der Waals surface area contributed by atoms with Crippen LogP contribution in [0.1, 0.15) is 29.6 Å². The van der Waals surface area contributed by atoms with Gasteiger partial charge in [-0.25, -0.2) is 4.79 Å². The number of esters is 1. The Morgan fingerprint density at radius 2 is 1.94 bits per heavy atom. The lowest BCUT2D eigenvalue weighted by Gasteiger charge is -2.31. The van der Waals surface area contributed by atoms with E-state index >= 15 is 0 Å². The van der Waals surface area contributed by atoms with Gasteiger partial charge in [0.05, 0.1) is 29.5 Å². The number of benzene rings is 2. The number of halogens is 3. The van der Waals surface area contributed by atoms with E-state index in [0.717, 1.165) is 12.8 Å². The second kappa shape index (κ2) is 10.3. The van der Waals surface area contributed by atoms with Crippen molar-refractivity contribution in [2.24, 2.45) is 0 Å². The summed E-state index contributed by atoms with van der Waals surface area (Å²) in [5, 5.41) is 2.37. The monoisotopic (exact) mass is 492 g/mol. The Labute approximate surface area is 198 Å². The summed E-state index contributed by atoms with van der Waals surface area (Å²) in [5.41, 5.74) is -0.00519. The van der Waals surface area contributed by atoms with Gasteiger partial charge in [-0.15, -0.1) is 0 Å². The Kier molecular flexibility index (Phi) is 7.25. The van der Waals surface area contributed by atoms with E-state index in [1.165, 1.54) is 36.4 Å². The Bertz CT molecular complexity index is 1100. The van der Waals surface area contributed by atoms with Crippen molar-refractivity contribution >= 4 is 29.2 Å². The summed E-state index contributed by atoms with van der Waals surface area (Å²) in [5.74, 6) is -2.51. The van der Waals surface area contributed by atoms with Crippen LogP contribution in [0.5, 0.6) is 5.75 Å². The van der Waals surface area contributed by atoms with Crippen LogP contribution in [0, 0.1) is 0 Å². The topological polar surface area (TPSA) is 94.2 Å². The van der Waals surface area contributed by atoms with Gasteiger partial charge in [0, 0.05) is 6.61 Å². The molecule has 8 nitrogen and oxygen atoms in total. The fraction of sp³-hybridized carbons (Fsp3) is 0.375. The number of amides is 2. The predicted molar refractivity (Wildman–Crippen MR) is 118 cm³/mol. The first-order chi connectivity index (χ1) is 16.7. The van der Waals surface area contributed by atoms with E-state index in [1.54, 1.807) is 12.1 Å². The number of carbonyl (C=O) groups is 3. The van der Waals surface area contributed by atoms with Crippen molar-refractivity contribution in [1.82, 2.24) is 0 Å². The van der Waals surface area contributed by atoms with Crippen LogP contribution in [-0.2, 0) is 19.1 Å². The van der Waals surface area contributed by atoms with Gasteiger partial charge in [-0.2, -0.15) is 13.2 Å². The minimum Gasteiger partial charge on any atom is -0.491 e. The number of nitrogens with one attached hydrogen (secondary N) is 1. The molecule has 4 rings (SSSR count). The van der Waals surface area contributed by atoms with Gasteiger partial charge in [-0.3, -0.25) is 14.5 Å². The molecule has 0 aliphatic carbocycles. The van der Waals surface area contributed by atoms with Crippen LogP contribution in [0.3, 0.4) is 0 Å². The summed E-state index contributed by atoms with van der Waals surface area (Å²) in [6.45, 7) is 0.0429. The van der Waals surface area contributed by atoms with E-state index < -0.39 is 43.0 Å². The molecule has 1 saturated heterocycles. The third-order valence-corrected chi connectivity index (χ3v) is 5.63. The number of ether oxygens (including phenoxy) is 3.